The number of nitrogens with two attached hydrogens (primary N) is 1. The zero-order chi connectivity index (χ0) is 9.49. The quantitative estimate of drug-likeness (QED) is 0.249. The fourth-order valence-electron chi connectivity index (χ4n) is 0.149. The molecule has 70 valence electrons. The van der Waals surface area contributed by atoms with Crippen LogP contribution in [0.2, 0.25) is 0 Å². The molecule has 0 aliphatic heterocycles. The molecule has 0 saturated carbocycles. The monoisotopic (exact) mass is 189 g/mol. The molecule has 6 N–H and O–H groups in total. The van der Waals surface area contributed by atoms with E-state index in [1.807, 2.05) is 0 Å². The summed E-state index contributed by atoms with van der Waals surface area (Å²) in [5, 5.41) is 16.1. The maximum absolute atomic E-state index is 8.74. The SMILES string of the molecule is NCCC(O)O.O=S(=O)(O)O. The fourth-order valence-corrected chi connectivity index (χ4v) is 0.149. The summed E-state index contributed by atoms with van der Waals surface area (Å²) in [7, 11) is -4.67. The molecule has 7 nitrogen and oxygen atoms in total. The Morgan fingerprint density at radius 2 is 1.55 bits per heavy atom. The first kappa shape index (κ1) is 13.3. The van der Waals surface area contributed by atoms with E-state index in [0.29, 0.717) is 6.54 Å². The summed E-state index contributed by atoms with van der Waals surface area (Å²) in [5.74, 6) is 0. The van der Waals surface area contributed by atoms with Crippen LogP contribution >= 0.6 is 0 Å². The summed E-state index contributed by atoms with van der Waals surface area (Å²) in [6.45, 7) is 0.331. The predicted molar refractivity (Wildman–Crippen MR) is 36.1 cm³/mol. The Kier molecular flexibility index (Phi) is 7.84. The van der Waals surface area contributed by atoms with Crippen molar-refractivity contribution in [2.75, 3.05) is 6.54 Å². The molecule has 0 heterocycles. The summed E-state index contributed by atoms with van der Waals surface area (Å²) < 4.78 is 31.6. The minimum absolute atomic E-state index is 0.264. The minimum Gasteiger partial charge on any atom is -0.368 e. The van der Waals surface area contributed by atoms with Crippen LogP contribution in [0.4, 0.5) is 0 Å². The lowest BCUT2D eigenvalue weighted by Crippen LogP contribution is -2.11. The molecule has 0 amide bonds. The van der Waals surface area contributed by atoms with Crippen LogP contribution in [0.1, 0.15) is 6.42 Å². The van der Waals surface area contributed by atoms with Crippen molar-refractivity contribution in [3.05, 3.63) is 0 Å². The largest absolute Gasteiger partial charge is 0.394 e. The lowest BCUT2D eigenvalue weighted by Gasteiger charge is -1.95. The van der Waals surface area contributed by atoms with E-state index < -0.39 is 16.7 Å². The second kappa shape index (κ2) is 6.46. The Bertz CT molecular complexity index is 155. The highest BCUT2D eigenvalue weighted by Gasteiger charge is 1.89. The molecule has 11 heavy (non-hydrogen) atoms. The van der Waals surface area contributed by atoms with Crippen molar-refractivity contribution >= 4 is 10.4 Å². The molecule has 0 rings (SSSR count). The van der Waals surface area contributed by atoms with E-state index in [1.54, 1.807) is 0 Å². The van der Waals surface area contributed by atoms with E-state index in [0.717, 1.165) is 0 Å². The highest BCUT2D eigenvalue weighted by atomic mass is 32.3. The molecule has 0 fully saturated rings. The van der Waals surface area contributed by atoms with E-state index in [-0.39, 0.29) is 6.42 Å². The number of rotatable bonds is 2. The van der Waals surface area contributed by atoms with Crippen LogP contribution in [0, 0.1) is 0 Å². The third-order valence-corrected chi connectivity index (χ3v) is 0.425. The van der Waals surface area contributed by atoms with Gasteiger partial charge in [-0.05, 0) is 6.54 Å². The average Bonchev–Trinajstić information content (AvgIpc) is 1.58. The van der Waals surface area contributed by atoms with Crippen molar-refractivity contribution in [3.63, 3.8) is 0 Å². The van der Waals surface area contributed by atoms with E-state index in [2.05, 4.69) is 0 Å². The third kappa shape index (κ3) is 77.4. The minimum atomic E-state index is -4.67. The smallest absolute Gasteiger partial charge is 0.368 e. The van der Waals surface area contributed by atoms with Gasteiger partial charge >= 0.3 is 10.4 Å². The molecule has 0 unspecified atom stereocenters. The van der Waals surface area contributed by atoms with Gasteiger partial charge in [0.2, 0.25) is 0 Å². The average molecular weight is 189 g/mol. The fraction of sp³-hybridized carbons (Fsp3) is 1.00. The van der Waals surface area contributed by atoms with Gasteiger partial charge in [0.15, 0.2) is 6.29 Å². The van der Waals surface area contributed by atoms with Gasteiger partial charge < -0.3 is 15.9 Å². The molecule has 0 aromatic carbocycles. The third-order valence-electron chi connectivity index (χ3n) is 0.425. The summed E-state index contributed by atoms with van der Waals surface area (Å²) >= 11 is 0. The second-order valence-corrected chi connectivity index (χ2v) is 2.40. The molecule has 0 aromatic heterocycles. The van der Waals surface area contributed by atoms with Gasteiger partial charge in [-0.15, -0.1) is 0 Å². The molecular formula is C3H11NO6S. The summed E-state index contributed by atoms with van der Waals surface area (Å²) in [4.78, 5) is 0. The Morgan fingerprint density at radius 1 is 1.27 bits per heavy atom. The van der Waals surface area contributed by atoms with Crippen LogP contribution < -0.4 is 5.73 Å². The van der Waals surface area contributed by atoms with Gasteiger partial charge in [-0.1, -0.05) is 0 Å². The lowest BCUT2D eigenvalue weighted by molar-refractivity contribution is -0.0430. The van der Waals surface area contributed by atoms with Crippen LogP contribution in [-0.2, 0) is 10.4 Å². The topological polar surface area (TPSA) is 141 Å². The molecular weight excluding hydrogens is 178 g/mol. The van der Waals surface area contributed by atoms with Crippen LogP contribution in [0.3, 0.4) is 0 Å². The molecule has 0 bridgehead atoms. The molecule has 0 saturated heterocycles. The van der Waals surface area contributed by atoms with Crippen molar-refractivity contribution in [2.45, 2.75) is 12.7 Å². The highest BCUT2D eigenvalue weighted by Crippen LogP contribution is 1.77. The molecule has 0 spiro atoms. The Labute approximate surface area is 64.0 Å². The van der Waals surface area contributed by atoms with Crippen molar-refractivity contribution in [2.24, 2.45) is 5.73 Å². The van der Waals surface area contributed by atoms with Gasteiger partial charge in [0.1, 0.15) is 0 Å². The summed E-state index contributed by atoms with van der Waals surface area (Å²) in [6, 6.07) is 0. The number of hydrogen-bond donors (Lipinski definition) is 5. The van der Waals surface area contributed by atoms with Crippen LogP contribution in [0.25, 0.3) is 0 Å². The maximum atomic E-state index is 8.74. The van der Waals surface area contributed by atoms with Crippen LogP contribution in [0.15, 0.2) is 0 Å². The number of aliphatic hydroxyl groups excluding tert-OH is 1. The molecule has 0 atom stereocenters. The van der Waals surface area contributed by atoms with Gasteiger partial charge in [-0.3, -0.25) is 9.11 Å². The Balaban J connectivity index is 0. The number of aliphatic hydroxyl groups is 2. The first-order valence-corrected chi connectivity index (χ1v) is 3.93. The second-order valence-electron chi connectivity index (χ2n) is 1.51. The molecule has 0 aromatic rings. The maximum Gasteiger partial charge on any atom is 0.394 e. The van der Waals surface area contributed by atoms with Crippen molar-refractivity contribution in [1.29, 1.82) is 0 Å². The van der Waals surface area contributed by atoms with E-state index in [9.17, 15) is 0 Å². The lowest BCUT2D eigenvalue weighted by atomic mass is 10.4. The first-order chi connectivity index (χ1) is 4.77. The molecule has 8 heteroatoms. The molecule has 0 radical (unpaired) electrons. The van der Waals surface area contributed by atoms with Crippen molar-refractivity contribution in [3.8, 4) is 0 Å². The standard InChI is InChI=1S/C3H9NO2.H2O4S/c4-2-1-3(5)6;1-5(2,3)4/h3,5-6H,1-2,4H2;(H2,1,2,3,4). The van der Waals surface area contributed by atoms with Crippen LogP contribution in [0.5, 0.6) is 0 Å². The van der Waals surface area contributed by atoms with E-state index in [4.69, 9.17) is 33.5 Å². The Hall–Kier alpha value is -0.250. The first-order valence-electron chi connectivity index (χ1n) is 2.53. The normalized spacial score (nSPS) is 10.7. The molecule has 0 aliphatic carbocycles. The van der Waals surface area contributed by atoms with E-state index in [1.165, 1.54) is 0 Å². The van der Waals surface area contributed by atoms with Gasteiger partial charge in [0.05, 0.1) is 0 Å². The van der Waals surface area contributed by atoms with Gasteiger partial charge in [-0.2, -0.15) is 8.42 Å². The predicted octanol–water partition coefficient (Wildman–Crippen LogP) is -2.01. The highest BCUT2D eigenvalue weighted by molar-refractivity contribution is 7.79. The van der Waals surface area contributed by atoms with E-state index >= 15 is 0 Å². The summed E-state index contributed by atoms with van der Waals surface area (Å²) in [5.41, 5.74) is 4.91. The van der Waals surface area contributed by atoms with Gasteiger partial charge in [0, 0.05) is 6.42 Å². The van der Waals surface area contributed by atoms with Crippen molar-refractivity contribution < 1.29 is 27.7 Å². The molecule has 0 aliphatic rings. The number of hydrogen-bond acceptors (Lipinski definition) is 5. The Morgan fingerprint density at radius 3 is 1.55 bits per heavy atom. The van der Waals surface area contributed by atoms with Crippen LogP contribution in [-0.4, -0.2) is 40.6 Å². The van der Waals surface area contributed by atoms with Gasteiger partial charge in [0.25, 0.3) is 0 Å². The zero-order valence-electron chi connectivity index (χ0n) is 5.58. The zero-order valence-corrected chi connectivity index (χ0v) is 6.40. The van der Waals surface area contributed by atoms with Gasteiger partial charge in [-0.25, -0.2) is 0 Å². The van der Waals surface area contributed by atoms with Crippen molar-refractivity contribution in [1.82, 2.24) is 0 Å². The summed E-state index contributed by atoms with van der Waals surface area (Å²) in [6.07, 6.45) is -0.963.